The van der Waals surface area contributed by atoms with E-state index in [4.69, 9.17) is 9.15 Å². The van der Waals surface area contributed by atoms with Gasteiger partial charge in [-0.15, -0.1) is 11.8 Å². The lowest BCUT2D eigenvalue weighted by molar-refractivity contribution is 0.128. The summed E-state index contributed by atoms with van der Waals surface area (Å²) in [4.78, 5) is 13.9. The van der Waals surface area contributed by atoms with Crippen molar-refractivity contribution in [1.82, 2.24) is 19.8 Å². The van der Waals surface area contributed by atoms with E-state index in [-0.39, 0.29) is 0 Å². The van der Waals surface area contributed by atoms with Gasteiger partial charge in [0.2, 0.25) is 0 Å². The molecule has 1 saturated heterocycles. The lowest BCUT2D eigenvalue weighted by Crippen LogP contribution is -2.47. The molecule has 8 heteroatoms. The van der Waals surface area contributed by atoms with Crippen LogP contribution in [0.4, 0.5) is 0 Å². The van der Waals surface area contributed by atoms with Crippen LogP contribution in [-0.4, -0.2) is 57.7 Å². The van der Waals surface area contributed by atoms with Crippen molar-refractivity contribution in [2.24, 2.45) is 0 Å². The first-order chi connectivity index (χ1) is 15.8. The summed E-state index contributed by atoms with van der Waals surface area (Å²) in [5, 5.41) is 4.74. The van der Waals surface area contributed by atoms with Gasteiger partial charge in [0.1, 0.15) is 11.3 Å². The highest BCUT2D eigenvalue weighted by Gasteiger charge is 2.22. The molecular weight excluding hydrogens is 440 g/mol. The normalized spacial score (nSPS) is 19.9. The number of thiazole rings is 1. The van der Waals surface area contributed by atoms with Crippen LogP contribution in [0.3, 0.4) is 0 Å². The maximum atomic E-state index is 5.98. The number of hydrogen-bond acceptors (Lipinski definition) is 8. The van der Waals surface area contributed by atoms with Crippen molar-refractivity contribution in [3.05, 3.63) is 59.8 Å². The Bertz CT molecular complexity index is 1220. The van der Waals surface area contributed by atoms with Crippen LogP contribution in [0.5, 0.6) is 10.9 Å². The first kappa shape index (κ1) is 20.2. The molecule has 5 heterocycles. The molecular formula is C24H24N4O2S2. The zero-order valence-electron chi connectivity index (χ0n) is 17.6. The highest BCUT2D eigenvalue weighted by Crippen LogP contribution is 2.33. The smallest absolute Gasteiger partial charge is 0.281 e. The van der Waals surface area contributed by atoms with Gasteiger partial charge >= 0.3 is 0 Å². The minimum absolute atomic E-state index is 0.592. The van der Waals surface area contributed by atoms with Crippen LogP contribution in [0.1, 0.15) is 12.0 Å². The van der Waals surface area contributed by atoms with Crippen molar-refractivity contribution in [3.8, 4) is 10.9 Å². The Morgan fingerprint density at radius 3 is 2.88 bits per heavy atom. The van der Waals surface area contributed by atoms with Crippen LogP contribution in [-0.2, 0) is 6.54 Å². The second-order valence-electron chi connectivity index (χ2n) is 8.27. The molecule has 6 nitrogen and oxygen atoms in total. The van der Waals surface area contributed by atoms with Crippen LogP contribution in [0.25, 0.3) is 21.3 Å². The number of aromatic nitrogens is 2. The molecule has 32 heavy (non-hydrogen) atoms. The molecule has 1 fully saturated rings. The van der Waals surface area contributed by atoms with Gasteiger partial charge in [0.15, 0.2) is 5.65 Å². The van der Waals surface area contributed by atoms with E-state index in [1.807, 2.05) is 42.3 Å². The number of rotatable bonds is 6. The van der Waals surface area contributed by atoms with Crippen molar-refractivity contribution in [2.45, 2.75) is 18.2 Å². The maximum absolute atomic E-state index is 5.98. The fourth-order valence-electron chi connectivity index (χ4n) is 4.35. The molecule has 0 aliphatic carbocycles. The van der Waals surface area contributed by atoms with Gasteiger partial charge in [-0.1, -0.05) is 17.4 Å². The third-order valence-electron chi connectivity index (χ3n) is 6.06. The number of thioether (sulfide) groups is 1. The average Bonchev–Trinajstić information content (AvgIpc) is 3.55. The summed E-state index contributed by atoms with van der Waals surface area (Å²) in [5.74, 6) is 0.727. The third-order valence-corrected chi connectivity index (χ3v) is 8.03. The Hall–Kier alpha value is -2.39. The number of fused-ring (bicyclic) bond motifs is 2. The number of nitrogens with zero attached hydrogens (tertiary/aromatic N) is 4. The standard InChI is InChI=1S/C24H24N4O2S2/c1-4-22-23(25-7-1)26-24(32-22)30-18-5-6-20-17(16-29-21(20)13-18)14-27-8-10-28(11-9-27)15-19-3-2-12-31-19/h1-2,4-7,12-13,16,19H,3,8-11,14-15H2. The maximum Gasteiger partial charge on any atom is 0.281 e. The number of piperazine rings is 1. The molecule has 0 saturated carbocycles. The molecule has 6 rings (SSSR count). The predicted octanol–water partition coefficient (Wildman–Crippen LogP) is 5.37. The van der Waals surface area contributed by atoms with Crippen LogP contribution < -0.4 is 4.74 Å². The molecule has 3 aromatic heterocycles. The van der Waals surface area contributed by atoms with E-state index < -0.39 is 0 Å². The lowest BCUT2D eigenvalue weighted by Gasteiger charge is -2.35. The molecule has 1 aromatic carbocycles. The first-order valence-electron chi connectivity index (χ1n) is 10.9. The van der Waals surface area contributed by atoms with Crippen LogP contribution in [0.15, 0.2) is 58.7 Å². The number of ether oxygens (including phenoxy) is 1. The van der Waals surface area contributed by atoms with Crippen molar-refractivity contribution in [1.29, 1.82) is 0 Å². The number of allylic oxidation sites excluding steroid dienone is 1. The lowest BCUT2D eigenvalue weighted by atomic mass is 10.1. The van der Waals surface area contributed by atoms with Gasteiger partial charge in [-0.2, -0.15) is 4.98 Å². The number of furan rings is 1. The van der Waals surface area contributed by atoms with E-state index in [1.54, 1.807) is 6.20 Å². The minimum Gasteiger partial charge on any atom is -0.464 e. The molecule has 0 spiro atoms. The molecule has 2 aliphatic heterocycles. The number of pyridine rings is 1. The van der Waals surface area contributed by atoms with Gasteiger partial charge in [0.05, 0.1) is 11.0 Å². The number of hydrogen-bond donors (Lipinski definition) is 0. The zero-order chi connectivity index (χ0) is 21.3. The first-order valence-corrected chi connectivity index (χ1v) is 12.7. The SMILES string of the molecule is C1=CSC(CN2CCN(Cc3coc4cc(Oc5nc6ncccc6s5)ccc34)CC2)C1. The highest BCUT2D eigenvalue weighted by atomic mass is 32.2. The Morgan fingerprint density at radius 1 is 1.12 bits per heavy atom. The van der Waals surface area contributed by atoms with Gasteiger partial charge in [-0.3, -0.25) is 9.80 Å². The molecule has 164 valence electrons. The summed E-state index contributed by atoms with van der Waals surface area (Å²) in [6.45, 7) is 6.61. The molecule has 1 unspecified atom stereocenters. The third kappa shape index (κ3) is 4.28. The van der Waals surface area contributed by atoms with Gasteiger partial charge in [0.25, 0.3) is 5.19 Å². The van der Waals surface area contributed by atoms with Gasteiger partial charge in [-0.05, 0) is 36.1 Å². The Labute approximate surface area is 194 Å². The molecule has 0 amide bonds. The van der Waals surface area contributed by atoms with E-state index in [0.29, 0.717) is 10.8 Å². The van der Waals surface area contributed by atoms with E-state index >= 15 is 0 Å². The Morgan fingerprint density at radius 2 is 2.03 bits per heavy atom. The van der Waals surface area contributed by atoms with Crippen molar-refractivity contribution >= 4 is 44.4 Å². The summed E-state index contributed by atoms with van der Waals surface area (Å²) >= 11 is 3.47. The minimum atomic E-state index is 0.592. The summed E-state index contributed by atoms with van der Waals surface area (Å²) in [5.41, 5.74) is 2.80. The summed E-state index contributed by atoms with van der Waals surface area (Å²) < 4.78 is 12.9. The van der Waals surface area contributed by atoms with E-state index in [9.17, 15) is 0 Å². The largest absolute Gasteiger partial charge is 0.464 e. The molecule has 0 N–H and O–H groups in total. The van der Waals surface area contributed by atoms with E-state index in [2.05, 4.69) is 37.3 Å². The zero-order valence-corrected chi connectivity index (χ0v) is 19.3. The van der Waals surface area contributed by atoms with Gasteiger partial charge in [0, 0.05) is 67.7 Å². The van der Waals surface area contributed by atoms with Crippen molar-refractivity contribution in [3.63, 3.8) is 0 Å². The second kappa shape index (κ2) is 8.86. The predicted molar refractivity (Wildman–Crippen MR) is 131 cm³/mol. The molecule has 1 atom stereocenters. The quantitative estimate of drug-likeness (QED) is 0.380. The highest BCUT2D eigenvalue weighted by molar-refractivity contribution is 8.03. The van der Waals surface area contributed by atoms with Gasteiger partial charge in [-0.25, -0.2) is 4.98 Å². The van der Waals surface area contributed by atoms with Gasteiger partial charge < -0.3 is 9.15 Å². The molecule has 2 aliphatic rings. The monoisotopic (exact) mass is 464 g/mol. The fraction of sp³-hybridized carbons (Fsp3) is 0.333. The summed E-state index contributed by atoms with van der Waals surface area (Å²) in [7, 11) is 0. The molecule has 0 bridgehead atoms. The average molecular weight is 465 g/mol. The summed E-state index contributed by atoms with van der Waals surface area (Å²) in [6, 6.07) is 9.94. The van der Waals surface area contributed by atoms with Crippen LogP contribution >= 0.6 is 23.1 Å². The molecule has 4 aromatic rings. The van der Waals surface area contributed by atoms with Crippen LogP contribution in [0.2, 0.25) is 0 Å². The van der Waals surface area contributed by atoms with E-state index in [0.717, 1.165) is 59.4 Å². The topological polar surface area (TPSA) is 54.6 Å². The van der Waals surface area contributed by atoms with E-state index in [1.165, 1.54) is 29.9 Å². The van der Waals surface area contributed by atoms with Crippen LogP contribution in [0, 0.1) is 0 Å². The Kier molecular flexibility index (Phi) is 5.60. The van der Waals surface area contributed by atoms with Crippen molar-refractivity contribution in [2.75, 3.05) is 32.7 Å². The van der Waals surface area contributed by atoms with Crippen molar-refractivity contribution < 1.29 is 9.15 Å². The molecule has 0 radical (unpaired) electrons. The second-order valence-corrected chi connectivity index (χ2v) is 10.5. The number of benzene rings is 1. The Balaban J connectivity index is 1.09. The summed E-state index contributed by atoms with van der Waals surface area (Å²) in [6.07, 6.45) is 7.15. The fourth-order valence-corrected chi connectivity index (χ4v) is 6.11.